The molecule has 1 aliphatic rings. The van der Waals surface area contributed by atoms with Gasteiger partial charge in [-0.25, -0.2) is 4.79 Å². The zero-order valence-electron chi connectivity index (χ0n) is 18.3. The summed E-state index contributed by atoms with van der Waals surface area (Å²) in [5, 5.41) is 10.6. The highest BCUT2D eigenvalue weighted by atomic mass is 16.5. The van der Waals surface area contributed by atoms with E-state index in [9.17, 15) is 9.90 Å². The van der Waals surface area contributed by atoms with Crippen LogP contribution in [0.25, 0.3) is 0 Å². The molecule has 1 aromatic carbocycles. The second-order valence-corrected chi connectivity index (χ2v) is 7.96. The molecule has 1 atom stereocenters. The number of aliphatic hydroxyl groups excluding tert-OH is 1. The first-order valence-corrected chi connectivity index (χ1v) is 11.0. The molecule has 2 heterocycles. The second-order valence-electron chi connectivity index (χ2n) is 7.96. The minimum Gasteiger partial charge on any atom is -0.488 e. The molecule has 0 radical (unpaired) electrons. The molecule has 2 N–H and O–H groups in total. The van der Waals surface area contributed by atoms with Gasteiger partial charge in [-0.2, -0.15) is 0 Å². The van der Waals surface area contributed by atoms with Gasteiger partial charge < -0.3 is 24.5 Å². The van der Waals surface area contributed by atoms with Gasteiger partial charge in [0.05, 0.1) is 6.61 Å². The van der Waals surface area contributed by atoms with Gasteiger partial charge in [0.2, 0.25) is 0 Å². The average molecular weight is 415 g/mol. The third-order valence-electron chi connectivity index (χ3n) is 5.85. The van der Waals surface area contributed by atoms with Gasteiger partial charge in [0, 0.05) is 17.8 Å². The molecule has 0 aliphatic carbocycles. The molecule has 6 nitrogen and oxygen atoms in total. The van der Waals surface area contributed by atoms with E-state index in [1.807, 2.05) is 13.8 Å². The van der Waals surface area contributed by atoms with E-state index in [4.69, 9.17) is 9.47 Å². The van der Waals surface area contributed by atoms with Crippen molar-refractivity contribution in [2.75, 3.05) is 32.8 Å². The normalized spacial score (nSPS) is 16.4. The number of nitrogens with one attached hydrogen (secondary N) is 1. The maximum absolute atomic E-state index is 12.3. The fourth-order valence-electron chi connectivity index (χ4n) is 4.28. The van der Waals surface area contributed by atoms with E-state index >= 15 is 0 Å². The van der Waals surface area contributed by atoms with E-state index in [-0.39, 0.29) is 6.61 Å². The lowest BCUT2D eigenvalue weighted by molar-refractivity contribution is 0.0486. The van der Waals surface area contributed by atoms with Crippen LogP contribution in [0.1, 0.15) is 59.9 Å². The number of nitrogens with zero attached hydrogens (tertiary/aromatic N) is 1. The van der Waals surface area contributed by atoms with Gasteiger partial charge in [-0.05, 0) is 57.7 Å². The van der Waals surface area contributed by atoms with Crippen LogP contribution in [0.15, 0.2) is 30.3 Å². The fourth-order valence-corrected chi connectivity index (χ4v) is 4.28. The summed E-state index contributed by atoms with van der Waals surface area (Å²) in [7, 11) is 0. The van der Waals surface area contributed by atoms with E-state index in [0.717, 1.165) is 43.6 Å². The molecule has 6 heteroatoms. The van der Waals surface area contributed by atoms with Crippen molar-refractivity contribution >= 4 is 5.97 Å². The maximum atomic E-state index is 12.3. The first-order valence-electron chi connectivity index (χ1n) is 11.0. The van der Waals surface area contributed by atoms with Crippen molar-refractivity contribution in [1.82, 2.24) is 9.88 Å². The molecule has 2 aromatic rings. The van der Waals surface area contributed by atoms with Gasteiger partial charge in [0.1, 0.15) is 12.7 Å². The number of carbonyl (C=O) groups excluding carboxylic acids is 1. The molecule has 30 heavy (non-hydrogen) atoms. The monoisotopic (exact) mass is 414 g/mol. The number of benzene rings is 1. The Morgan fingerprint density at radius 1 is 1.23 bits per heavy atom. The fraction of sp³-hybridized carbons (Fsp3) is 0.542. The highest BCUT2D eigenvalue weighted by molar-refractivity contribution is 5.91. The summed E-state index contributed by atoms with van der Waals surface area (Å²) in [5.74, 6) is 0.681. The first kappa shape index (κ1) is 22.4. The summed E-state index contributed by atoms with van der Waals surface area (Å²) < 4.78 is 11.1. The highest BCUT2D eigenvalue weighted by Gasteiger charge is 2.25. The molecule has 0 bridgehead atoms. The summed E-state index contributed by atoms with van der Waals surface area (Å²) in [4.78, 5) is 17.6. The number of aromatic amines is 1. The third-order valence-corrected chi connectivity index (χ3v) is 5.85. The Bertz CT molecular complexity index is 810. The molecular weight excluding hydrogens is 380 g/mol. The molecule has 1 saturated heterocycles. The molecule has 1 unspecified atom stereocenters. The van der Waals surface area contributed by atoms with Crippen LogP contribution in [0.4, 0.5) is 0 Å². The van der Waals surface area contributed by atoms with Crippen molar-refractivity contribution in [1.29, 1.82) is 0 Å². The van der Waals surface area contributed by atoms with Crippen LogP contribution in [-0.2, 0) is 11.2 Å². The standard InChI is InChI=1S/C24H34N2O4/c1-4-21-17(3)25-22(24(28)29-5-2)23(21)30-16-20(27)15-26-13-11-19(12-14-26)18-9-7-6-8-10-18/h6-10,19-20,25,27H,4-5,11-16H2,1-3H3. The van der Waals surface area contributed by atoms with Gasteiger partial charge in [-0.15, -0.1) is 0 Å². The van der Waals surface area contributed by atoms with Crippen LogP contribution in [-0.4, -0.2) is 59.9 Å². The third kappa shape index (κ3) is 5.43. The molecule has 1 aromatic heterocycles. The predicted octanol–water partition coefficient (Wildman–Crippen LogP) is 3.68. The number of H-pyrrole nitrogens is 1. The Morgan fingerprint density at radius 3 is 2.57 bits per heavy atom. The molecule has 1 fully saturated rings. The van der Waals surface area contributed by atoms with E-state index < -0.39 is 12.1 Å². The second kappa shape index (κ2) is 10.6. The van der Waals surface area contributed by atoms with Gasteiger partial charge in [0.15, 0.2) is 11.4 Å². The Balaban J connectivity index is 1.53. The maximum Gasteiger partial charge on any atom is 0.358 e. The molecule has 0 spiro atoms. The highest BCUT2D eigenvalue weighted by Crippen LogP contribution is 2.30. The zero-order chi connectivity index (χ0) is 21.5. The lowest BCUT2D eigenvalue weighted by atomic mass is 9.89. The number of carbonyl (C=O) groups is 1. The number of aliphatic hydroxyl groups is 1. The summed E-state index contributed by atoms with van der Waals surface area (Å²) in [6.07, 6.45) is 2.32. The molecule has 1 aliphatic heterocycles. The smallest absolute Gasteiger partial charge is 0.358 e. The lowest BCUT2D eigenvalue weighted by Gasteiger charge is -2.33. The Labute approximate surface area is 179 Å². The number of likely N-dealkylation sites (tertiary alicyclic amines) is 1. The number of piperidine rings is 1. The van der Waals surface area contributed by atoms with Gasteiger partial charge in [-0.1, -0.05) is 37.3 Å². The van der Waals surface area contributed by atoms with Crippen LogP contribution in [0, 0.1) is 6.92 Å². The van der Waals surface area contributed by atoms with Gasteiger partial charge in [0.25, 0.3) is 0 Å². The SMILES string of the molecule is CCOC(=O)c1[nH]c(C)c(CC)c1OCC(O)CN1CCC(c2ccccc2)CC1. The number of aryl methyl sites for hydroxylation is 1. The van der Waals surface area contributed by atoms with Crippen LogP contribution >= 0.6 is 0 Å². The van der Waals surface area contributed by atoms with E-state index in [2.05, 4.69) is 40.2 Å². The summed E-state index contributed by atoms with van der Waals surface area (Å²) in [6.45, 7) is 8.67. The summed E-state index contributed by atoms with van der Waals surface area (Å²) in [5.41, 5.74) is 3.59. The number of esters is 1. The number of hydrogen-bond acceptors (Lipinski definition) is 5. The van der Waals surface area contributed by atoms with Crippen LogP contribution in [0.2, 0.25) is 0 Å². The van der Waals surface area contributed by atoms with Crippen LogP contribution in [0.3, 0.4) is 0 Å². The predicted molar refractivity (Wildman–Crippen MR) is 117 cm³/mol. The average Bonchev–Trinajstić information content (AvgIpc) is 3.09. The van der Waals surface area contributed by atoms with Crippen molar-refractivity contribution in [2.45, 2.75) is 52.1 Å². The van der Waals surface area contributed by atoms with Crippen molar-refractivity contribution < 1.29 is 19.4 Å². The number of β-amino-alcohol motifs (C(OH)–C–C–N with tert-alkyl or cyclic N) is 1. The van der Waals surface area contributed by atoms with Gasteiger partial charge in [-0.3, -0.25) is 0 Å². The van der Waals surface area contributed by atoms with E-state index in [1.54, 1.807) is 6.92 Å². The molecule has 0 saturated carbocycles. The van der Waals surface area contributed by atoms with Crippen molar-refractivity contribution in [3.8, 4) is 5.75 Å². The van der Waals surface area contributed by atoms with Crippen molar-refractivity contribution in [3.63, 3.8) is 0 Å². The van der Waals surface area contributed by atoms with Crippen LogP contribution < -0.4 is 4.74 Å². The number of ether oxygens (including phenoxy) is 2. The molecule has 164 valence electrons. The minimum atomic E-state index is -0.617. The molecular formula is C24H34N2O4. The summed E-state index contributed by atoms with van der Waals surface area (Å²) in [6, 6.07) is 10.7. The number of hydrogen-bond donors (Lipinski definition) is 2. The zero-order valence-corrected chi connectivity index (χ0v) is 18.3. The van der Waals surface area contributed by atoms with Crippen LogP contribution in [0.5, 0.6) is 5.75 Å². The lowest BCUT2D eigenvalue weighted by Crippen LogP contribution is -2.40. The Kier molecular flexibility index (Phi) is 7.94. The summed E-state index contributed by atoms with van der Waals surface area (Å²) >= 11 is 0. The van der Waals surface area contributed by atoms with E-state index in [1.165, 1.54) is 5.56 Å². The van der Waals surface area contributed by atoms with Crippen molar-refractivity contribution in [2.24, 2.45) is 0 Å². The molecule has 3 rings (SSSR count). The van der Waals surface area contributed by atoms with E-state index in [0.29, 0.717) is 30.5 Å². The Morgan fingerprint density at radius 2 is 1.93 bits per heavy atom. The molecule has 0 amide bonds. The Hall–Kier alpha value is -2.31. The van der Waals surface area contributed by atoms with Gasteiger partial charge >= 0.3 is 5.97 Å². The topological polar surface area (TPSA) is 74.8 Å². The quantitative estimate of drug-likeness (QED) is 0.612. The van der Waals surface area contributed by atoms with Crippen molar-refractivity contribution in [3.05, 3.63) is 52.8 Å². The largest absolute Gasteiger partial charge is 0.488 e. The first-order chi connectivity index (χ1) is 14.5. The minimum absolute atomic E-state index is 0.148. The number of rotatable bonds is 9. The number of aromatic nitrogens is 1.